The van der Waals surface area contributed by atoms with E-state index in [1.54, 1.807) is 0 Å². The highest BCUT2D eigenvalue weighted by Gasteiger charge is 2.49. The fraction of sp³-hybridized carbons (Fsp3) is 0.634. The average molecular weight is 712 g/mol. The maximum absolute atomic E-state index is 11.6. The van der Waals surface area contributed by atoms with Gasteiger partial charge in [0.15, 0.2) is 0 Å². The summed E-state index contributed by atoms with van der Waals surface area (Å²) in [5, 5.41) is 4.11. The molecule has 0 unspecified atom stereocenters. The smallest absolute Gasteiger partial charge is 0.216 e. The predicted molar refractivity (Wildman–Crippen MR) is 203 cm³/mol. The van der Waals surface area contributed by atoms with Crippen LogP contribution in [-0.4, -0.2) is 76.5 Å². The van der Waals surface area contributed by atoms with E-state index in [1.807, 2.05) is 17.4 Å². The fourth-order valence-corrected chi connectivity index (χ4v) is 7.28. The van der Waals surface area contributed by atoms with Crippen LogP contribution in [0, 0.1) is 0 Å². The van der Waals surface area contributed by atoms with E-state index < -0.39 is 12.2 Å². The minimum Gasteiger partial charge on any atom is -0.491 e. The van der Waals surface area contributed by atoms with Crippen LogP contribution in [0.1, 0.15) is 108 Å². The largest absolute Gasteiger partial charge is 0.491 e. The van der Waals surface area contributed by atoms with Gasteiger partial charge in [0, 0.05) is 54.9 Å². The molecule has 1 aliphatic heterocycles. The number of hydrogen-bond donors (Lipinski definition) is 1. The second-order valence-corrected chi connectivity index (χ2v) is 14.4. The van der Waals surface area contributed by atoms with Gasteiger partial charge in [0.2, 0.25) is 5.91 Å². The van der Waals surface area contributed by atoms with Gasteiger partial charge in [-0.25, -0.2) is 0 Å². The number of carbonyl (C=O) groups is 1. The summed E-state index contributed by atoms with van der Waals surface area (Å²) in [5.41, 5.74) is 2.08. The van der Waals surface area contributed by atoms with Crippen LogP contribution in [0.15, 0.2) is 48.5 Å². The summed E-state index contributed by atoms with van der Waals surface area (Å²) in [6, 6.07) is 17.2. The van der Waals surface area contributed by atoms with Gasteiger partial charge in [0.05, 0.1) is 13.2 Å². The van der Waals surface area contributed by atoms with Crippen molar-refractivity contribution in [2.24, 2.45) is 0 Å². The number of benzene rings is 2. The molecule has 5 atom stereocenters. The maximum Gasteiger partial charge on any atom is 0.216 e. The Kier molecular flexibility index (Phi) is 18.0. The topological polar surface area (TPSA) is 84.5 Å². The van der Waals surface area contributed by atoms with Crippen molar-refractivity contribution in [3.63, 3.8) is 0 Å². The van der Waals surface area contributed by atoms with Crippen molar-refractivity contribution in [2.75, 3.05) is 46.2 Å². The quantitative estimate of drug-likeness (QED) is 0.0930. The maximum atomic E-state index is 11.6. The SMILES string of the molecule is CCCCOC[C@H]1O[C@@H](c2cc(Cc3cc4ccccc4s3)ccc2OCCNC(C)=O)[C@H](OCCCC)[C@@H](OCCCC)[C@@H]1OCCCC. The molecular weight excluding hydrogens is 651 g/mol. The molecule has 1 amide bonds. The summed E-state index contributed by atoms with van der Waals surface area (Å²) in [6.45, 7) is 13.9. The van der Waals surface area contributed by atoms with Gasteiger partial charge in [-0.3, -0.25) is 4.79 Å². The summed E-state index contributed by atoms with van der Waals surface area (Å²) < 4.78 is 41.2. The van der Waals surface area contributed by atoms with Crippen LogP contribution >= 0.6 is 11.3 Å². The lowest BCUT2D eigenvalue weighted by molar-refractivity contribution is -0.268. The first-order valence-electron chi connectivity index (χ1n) is 19.0. The summed E-state index contributed by atoms with van der Waals surface area (Å²) in [7, 11) is 0. The van der Waals surface area contributed by atoms with E-state index >= 15 is 0 Å². The van der Waals surface area contributed by atoms with E-state index in [4.69, 9.17) is 28.4 Å². The molecule has 3 aromatic rings. The normalized spacial score (nSPS) is 20.7. The molecule has 9 heteroatoms. The highest BCUT2D eigenvalue weighted by Crippen LogP contribution is 2.42. The number of fused-ring (bicyclic) bond motifs is 1. The first-order chi connectivity index (χ1) is 24.5. The molecule has 8 nitrogen and oxygen atoms in total. The molecule has 0 aliphatic carbocycles. The van der Waals surface area contributed by atoms with Gasteiger partial charge in [-0.2, -0.15) is 0 Å². The molecule has 1 N–H and O–H groups in total. The van der Waals surface area contributed by atoms with Crippen LogP contribution < -0.4 is 10.1 Å². The Hall–Kier alpha value is -2.53. The Morgan fingerprint density at radius 3 is 2.12 bits per heavy atom. The summed E-state index contributed by atoms with van der Waals surface area (Å²) >= 11 is 1.83. The number of nitrogens with one attached hydrogen (secondary N) is 1. The van der Waals surface area contributed by atoms with E-state index in [9.17, 15) is 4.79 Å². The Labute approximate surface area is 304 Å². The molecule has 278 valence electrons. The molecule has 1 fully saturated rings. The van der Waals surface area contributed by atoms with E-state index in [2.05, 4.69) is 75.5 Å². The Balaban J connectivity index is 1.75. The molecule has 4 rings (SSSR count). The Morgan fingerprint density at radius 2 is 1.44 bits per heavy atom. The minimum atomic E-state index is -0.484. The molecule has 2 heterocycles. The molecule has 1 aromatic heterocycles. The number of rotatable bonds is 24. The van der Waals surface area contributed by atoms with Gasteiger partial charge >= 0.3 is 0 Å². The fourth-order valence-electron chi connectivity index (χ4n) is 6.18. The molecule has 0 bridgehead atoms. The zero-order chi connectivity index (χ0) is 35.6. The number of ether oxygens (including phenoxy) is 6. The van der Waals surface area contributed by atoms with Crippen molar-refractivity contribution in [1.82, 2.24) is 5.32 Å². The second-order valence-electron chi connectivity index (χ2n) is 13.2. The standard InChI is InChI=1S/C41H61NO7S/c1-6-10-21-44-29-36-39(46-22-11-7-2)41(48-24-13-9-4)40(47-23-12-8-3)38(49-36)34-27-31(18-19-35(34)45-25-20-42-30(5)43)26-33-28-32-16-14-15-17-37(32)50-33/h14-19,27-28,36,38-41H,6-13,20-26,29H2,1-5H3,(H,42,43)/t36-,38+,39-,40+,41+/m1/s1. The molecule has 2 aromatic carbocycles. The zero-order valence-corrected chi connectivity index (χ0v) is 31.9. The number of carbonyl (C=O) groups excluding carboxylic acids is 1. The average Bonchev–Trinajstić information content (AvgIpc) is 3.53. The van der Waals surface area contributed by atoms with Crippen LogP contribution in [0.3, 0.4) is 0 Å². The van der Waals surface area contributed by atoms with Crippen molar-refractivity contribution in [3.05, 3.63) is 64.5 Å². The lowest BCUT2D eigenvalue weighted by atomic mass is 9.89. The molecule has 1 aliphatic rings. The third kappa shape index (κ3) is 12.3. The van der Waals surface area contributed by atoms with Crippen LogP contribution in [0.5, 0.6) is 5.75 Å². The number of amides is 1. The minimum absolute atomic E-state index is 0.0837. The van der Waals surface area contributed by atoms with E-state index in [0.29, 0.717) is 51.9 Å². The van der Waals surface area contributed by atoms with Gasteiger partial charge in [0.25, 0.3) is 0 Å². The van der Waals surface area contributed by atoms with Crippen LogP contribution in [0.25, 0.3) is 10.1 Å². The lowest BCUT2D eigenvalue weighted by Gasteiger charge is -2.46. The third-order valence-electron chi connectivity index (χ3n) is 8.95. The molecular formula is C41H61NO7S. The predicted octanol–water partition coefficient (Wildman–Crippen LogP) is 8.82. The van der Waals surface area contributed by atoms with Crippen molar-refractivity contribution in [3.8, 4) is 5.75 Å². The van der Waals surface area contributed by atoms with Crippen molar-refractivity contribution in [1.29, 1.82) is 0 Å². The number of hydrogen-bond acceptors (Lipinski definition) is 8. The van der Waals surface area contributed by atoms with Gasteiger partial charge in [-0.15, -0.1) is 11.3 Å². The number of unbranched alkanes of at least 4 members (excludes halogenated alkanes) is 4. The van der Waals surface area contributed by atoms with Gasteiger partial charge < -0.3 is 33.7 Å². The Bertz CT molecular complexity index is 1360. The monoisotopic (exact) mass is 711 g/mol. The Morgan fingerprint density at radius 1 is 0.780 bits per heavy atom. The highest BCUT2D eigenvalue weighted by atomic mass is 32.1. The van der Waals surface area contributed by atoms with E-state index in [0.717, 1.165) is 68.9 Å². The third-order valence-corrected chi connectivity index (χ3v) is 10.1. The van der Waals surface area contributed by atoms with Crippen molar-refractivity contribution < 1.29 is 33.2 Å². The lowest BCUT2D eigenvalue weighted by Crippen LogP contribution is -2.58. The van der Waals surface area contributed by atoms with Gasteiger partial charge in [-0.05, 0) is 60.9 Å². The molecule has 0 spiro atoms. The van der Waals surface area contributed by atoms with E-state index in [-0.39, 0.29) is 24.2 Å². The van der Waals surface area contributed by atoms with Gasteiger partial charge in [-0.1, -0.05) is 77.6 Å². The summed E-state index contributed by atoms with van der Waals surface area (Å²) in [6.07, 6.45) is 6.81. The van der Waals surface area contributed by atoms with E-state index in [1.165, 1.54) is 21.9 Å². The van der Waals surface area contributed by atoms with Gasteiger partial charge in [0.1, 0.15) is 42.9 Å². The number of thiophene rings is 1. The summed E-state index contributed by atoms with van der Waals surface area (Å²) in [4.78, 5) is 12.9. The van der Waals surface area contributed by atoms with Crippen molar-refractivity contribution in [2.45, 2.75) is 123 Å². The van der Waals surface area contributed by atoms with Crippen LogP contribution in [0.4, 0.5) is 0 Å². The first kappa shape index (κ1) is 40.2. The van der Waals surface area contributed by atoms with Crippen LogP contribution in [-0.2, 0) is 34.9 Å². The first-order valence-corrected chi connectivity index (χ1v) is 19.9. The van der Waals surface area contributed by atoms with Crippen molar-refractivity contribution >= 4 is 27.3 Å². The summed E-state index contributed by atoms with van der Waals surface area (Å²) in [5.74, 6) is 0.632. The molecule has 50 heavy (non-hydrogen) atoms. The second kappa shape index (κ2) is 22.4. The van der Waals surface area contributed by atoms with Crippen LogP contribution in [0.2, 0.25) is 0 Å². The zero-order valence-electron chi connectivity index (χ0n) is 31.1. The highest BCUT2D eigenvalue weighted by molar-refractivity contribution is 7.19. The molecule has 0 radical (unpaired) electrons. The molecule has 0 saturated carbocycles. The molecule has 1 saturated heterocycles.